The molecule has 1 aromatic rings. The van der Waals surface area contributed by atoms with Gasteiger partial charge in [0.1, 0.15) is 0 Å². The van der Waals surface area contributed by atoms with E-state index in [0.717, 1.165) is 24.6 Å². The van der Waals surface area contributed by atoms with Crippen LogP contribution < -0.4 is 0 Å². The molecule has 0 heterocycles. The van der Waals surface area contributed by atoms with Crippen LogP contribution in [-0.4, -0.2) is 5.33 Å². The van der Waals surface area contributed by atoms with E-state index >= 15 is 0 Å². The lowest BCUT2D eigenvalue weighted by Gasteiger charge is -2.35. The predicted octanol–water partition coefficient (Wildman–Crippen LogP) is 5.69. The molecule has 1 unspecified atom stereocenters. The highest BCUT2D eigenvalue weighted by molar-refractivity contribution is 9.09. The first-order chi connectivity index (χ1) is 9.75. The van der Waals surface area contributed by atoms with Crippen LogP contribution in [0.5, 0.6) is 0 Å². The van der Waals surface area contributed by atoms with Crippen molar-refractivity contribution in [2.24, 2.45) is 5.41 Å². The van der Waals surface area contributed by atoms with Gasteiger partial charge >= 0.3 is 0 Å². The molecule has 0 saturated heterocycles. The van der Waals surface area contributed by atoms with Crippen molar-refractivity contribution in [3.05, 3.63) is 65.3 Å². The minimum atomic E-state index is 0.184. The van der Waals surface area contributed by atoms with Crippen molar-refractivity contribution < 1.29 is 0 Å². The van der Waals surface area contributed by atoms with Crippen molar-refractivity contribution in [2.75, 3.05) is 5.33 Å². The first-order valence-electron chi connectivity index (χ1n) is 7.47. The molecule has 0 aromatic heterocycles. The van der Waals surface area contributed by atoms with Gasteiger partial charge in [-0.05, 0) is 42.4 Å². The Balaban J connectivity index is 2.17. The van der Waals surface area contributed by atoms with Crippen LogP contribution in [-0.2, 0) is 6.42 Å². The van der Waals surface area contributed by atoms with Crippen LogP contribution >= 0.6 is 15.9 Å². The van der Waals surface area contributed by atoms with E-state index in [1.54, 1.807) is 5.57 Å². The summed E-state index contributed by atoms with van der Waals surface area (Å²) in [5.41, 5.74) is 6.28. The van der Waals surface area contributed by atoms with Gasteiger partial charge in [0.05, 0.1) is 0 Å². The maximum Gasteiger partial charge on any atom is 0.0174 e. The molecule has 0 bridgehead atoms. The number of allylic oxidation sites excluding steroid dienone is 6. The van der Waals surface area contributed by atoms with Gasteiger partial charge in [0.25, 0.3) is 0 Å². The molecule has 20 heavy (non-hydrogen) atoms. The molecular weight excluding hydrogens is 308 g/mol. The Morgan fingerprint density at radius 1 is 1.25 bits per heavy atom. The van der Waals surface area contributed by atoms with E-state index in [1.165, 1.54) is 23.1 Å². The lowest BCUT2D eigenvalue weighted by molar-refractivity contribution is 0.519. The monoisotopic (exact) mass is 328 g/mol. The van der Waals surface area contributed by atoms with E-state index < -0.39 is 0 Å². The number of rotatable bonds is 2. The fraction of sp³-hybridized carbons (Fsp3) is 0.368. The summed E-state index contributed by atoms with van der Waals surface area (Å²) in [6.07, 6.45) is 13.9. The third kappa shape index (κ3) is 2.33. The van der Waals surface area contributed by atoms with Crippen LogP contribution in [0.4, 0.5) is 0 Å². The average Bonchev–Trinajstić information content (AvgIpc) is 2.59. The van der Waals surface area contributed by atoms with Gasteiger partial charge in [-0.1, -0.05) is 77.0 Å². The molecule has 0 nitrogen and oxygen atoms in total. The van der Waals surface area contributed by atoms with Crippen molar-refractivity contribution in [2.45, 2.75) is 32.6 Å². The van der Waals surface area contributed by atoms with E-state index in [4.69, 9.17) is 0 Å². The number of fused-ring (bicyclic) bond motifs is 2. The molecular formula is C19H21Br. The van der Waals surface area contributed by atoms with Gasteiger partial charge in [0.2, 0.25) is 0 Å². The molecule has 0 amide bonds. The second-order valence-electron chi connectivity index (χ2n) is 5.91. The second-order valence-corrected chi connectivity index (χ2v) is 6.70. The summed E-state index contributed by atoms with van der Waals surface area (Å²) in [5.74, 6) is 0. The lowest BCUT2D eigenvalue weighted by Crippen LogP contribution is -2.21. The predicted molar refractivity (Wildman–Crippen MR) is 91.1 cm³/mol. The van der Waals surface area contributed by atoms with Crippen molar-refractivity contribution in [1.29, 1.82) is 0 Å². The van der Waals surface area contributed by atoms with Gasteiger partial charge in [-0.3, -0.25) is 0 Å². The number of benzene rings is 1. The van der Waals surface area contributed by atoms with Gasteiger partial charge in [-0.15, -0.1) is 0 Å². The van der Waals surface area contributed by atoms with E-state index in [1.807, 2.05) is 0 Å². The maximum absolute atomic E-state index is 3.57. The van der Waals surface area contributed by atoms with Crippen LogP contribution in [0.3, 0.4) is 0 Å². The highest BCUT2D eigenvalue weighted by Gasteiger charge is 2.36. The molecule has 1 aromatic carbocycles. The maximum atomic E-state index is 3.57. The molecule has 1 atom stereocenters. The fourth-order valence-electron chi connectivity index (χ4n) is 3.55. The van der Waals surface area contributed by atoms with Gasteiger partial charge in [0, 0.05) is 10.7 Å². The van der Waals surface area contributed by atoms with Crippen LogP contribution in [0, 0.1) is 5.41 Å². The van der Waals surface area contributed by atoms with Gasteiger partial charge in [0.15, 0.2) is 0 Å². The zero-order valence-electron chi connectivity index (χ0n) is 12.0. The highest BCUT2D eigenvalue weighted by atomic mass is 79.9. The zero-order valence-corrected chi connectivity index (χ0v) is 13.6. The van der Waals surface area contributed by atoms with Crippen LogP contribution in [0.15, 0.2) is 54.1 Å². The molecule has 0 N–H and O–H groups in total. The summed E-state index contributed by atoms with van der Waals surface area (Å²) in [5, 5.41) is 1.03. The van der Waals surface area contributed by atoms with E-state index in [-0.39, 0.29) is 5.41 Å². The van der Waals surface area contributed by atoms with Crippen molar-refractivity contribution in [3.8, 4) is 0 Å². The quantitative estimate of drug-likeness (QED) is 0.611. The number of aryl methyl sites for hydroxylation is 1. The largest absolute Gasteiger partial charge is 0.0925 e. The average molecular weight is 329 g/mol. The molecule has 0 saturated carbocycles. The Hall–Kier alpha value is -1.08. The minimum Gasteiger partial charge on any atom is -0.0925 e. The molecule has 3 rings (SSSR count). The molecule has 0 fully saturated rings. The summed E-state index contributed by atoms with van der Waals surface area (Å²) in [6, 6.07) is 8.95. The number of hydrogen-bond acceptors (Lipinski definition) is 0. The van der Waals surface area contributed by atoms with E-state index in [2.05, 4.69) is 71.4 Å². The lowest BCUT2D eigenvalue weighted by atomic mass is 9.69. The standard InChI is InChI=1S/C19H21Br/c1-19-13-5-4-8-16(19)12-11-15-7-2-3-9-17(15)18(19)10-6-14-20/h2-5,7-10H,6,11-14H2,1H3/b18-10+. The SMILES string of the molecule is CC12CC=CC=C1CCc1ccccc1/C2=C\CCBr. The van der Waals surface area contributed by atoms with Crippen LogP contribution in [0.2, 0.25) is 0 Å². The molecule has 0 spiro atoms. The first-order valence-corrected chi connectivity index (χ1v) is 8.59. The zero-order chi connectivity index (χ0) is 14.0. The number of halogens is 1. The topological polar surface area (TPSA) is 0 Å². The van der Waals surface area contributed by atoms with Gasteiger partial charge in [-0.25, -0.2) is 0 Å². The third-order valence-corrected chi connectivity index (χ3v) is 5.15. The molecule has 104 valence electrons. The Morgan fingerprint density at radius 2 is 2.10 bits per heavy atom. The minimum absolute atomic E-state index is 0.184. The molecule has 2 aliphatic rings. The molecule has 0 radical (unpaired) electrons. The Labute approximate surface area is 130 Å². The number of alkyl halides is 1. The Bertz CT molecular complexity index is 592. The normalized spacial score (nSPS) is 26.7. The fourth-order valence-corrected chi connectivity index (χ4v) is 3.78. The Kier molecular flexibility index (Phi) is 3.98. The third-order valence-electron chi connectivity index (χ3n) is 4.69. The van der Waals surface area contributed by atoms with E-state index in [9.17, 15) is 0 Å². The van der Waals surface area contributed by atoms with Gasteiger partial charge in [-0.2, -0.15) is 0 Å². The smallest absolute Gasteiger partial charge is 0.0174 e. The van der Waals surface area contributed by atoms with Crippen molar-refractivity contribution in [1.82, 2.24) is 0 Å². The second kappa shape index (κ2) is 5.73. The van der Waals surface area contributed by atoms with Crippen molar-refractivity contribution in [3.63, 3.8) is 0 Å². The summed E-state index contributed by atoms with van der Waals surface area (Å²) >= 11 is 3.57. The summed E-state index contributed by atoms with van der Waals surface area (Å²) in [6.45, 7) is 2.42. The summed E-state index contributed by atoms with van der Waals surface area (Å²) in [7, 11) is 0. The van der Waals surface area contributed by atoms with E-state index in [0.29, 0.717) is 0 Å². The van der Waals surface area contributed by atoms with Crippen LogP contribution in [0.25, 0.3) is 5.57 Å². The van der Waals surface area contributed by atoms with Crippen molar-refractivity contribution >= 4 is 21.5 Å². The van der Waals surface area contributed by atoms with Crippen LogP contribution in [0.1, 0.15) is 37.3 Å². The summed E-state index contributed by atoms with van der Waals surface area (Å²) < 4.78 is 0. The Morgan fingerprint density at radius 3 is 2.95 bits per heavy atom. The molecule has 1 heteroatoms. The summed E-state index contributed by atoms with van der Waals surface area (Å²) in [4.78, 5) is 0. The first kappa shape index (κ1) is 13.9. The molecule has 0 aliphatic heterocycles. The number of hydrogen-bond donors (Lipinski definition) is 0. The highest BCUT2D eigenvalue weighted by Crippen LogP contribution is 2.50. The molecule has 2 aliphatic carbocycles. The van der Waals surface area contributed by atoms with Gasteiger partial charge < -0.3 is 0 Å².